The van der Waals surface area contributed by atoms with Gasteiger partial charge in [-0.2, -0.15) is 0 Å². The fraction of sp³-hybridized carbons (Fsp3) is 0.545. The molecule has 0 aromatic carbocycles. The molecule has 100 valence electrons. The Balaban J connectivity index is 3.00. The minimum atomic E-state index is -1.34. The number of rotatable bonds is 4. The lowest BCUT2D eigenvalue weighted by Gasteiger charge is -2.21. The first kappa shape index (κ1) is 14.0. The first-order chi connectivity index (χ1) is 8.38. The molecule has 1 saturated heterocycles. The predicted molar refractivity (Wildman–Crippen MR) is 60.0 cm³/mol. The van der Waals surface area contributed by atoms with Gasteiger partial charge in [0.05, 0.1) is 6.54 Å². The van der Waals surface area contributed by atoms with E-state index in [0.717, 1.165) is 4.90 Å². The number of carbonyl (C=O) groups excluding carboxylic acids is 1. The number of aliphatic carboxylic acids is 1. The van der Waals surface area contributed by atoms with E-state index in [4.69, 9.17) is 14.9 Å². The Morgan fingerprint density at radius 1 is 1.44 bits per heavy atom. The normalized spacial score (nSPS) is 26.7. The number of ether oxygens (including phenoxy) is 1. The molecule has 18 heavy (non-hydrogen) atoms. The van der Waals surface area contributed by atoms with E-state index in [1.807, 2.05) is 0 Å². The average molecular weight is 257 g/mol. The highest BCUT2D eigenvalue weighted by Crippen LogP contribution is 2.30. The van der Waals surface area contributed by atoms with E-state index >= 15 is 0 Å². The van der Waals surface area contributed by atoms with Crippen molar-refractivity contribution in [3.05, 3.63) is 12.7 Å². The van der Waals surface area contributed by atoms with Crippen LogP contribution in [0, 0.1) is 5.92 Å². The van der Waals surface area contributed by atoms with E-state index in [2.05, 4.69) is 6.58 Å². The van der Waals surface area contributed by atoms with Crippen molar-refractivity contribution >= 4 is 18.0 Å². The Hall–Kier alpha value is -2.05. The van der Waals surface area contributed by atoms with E-state index in [9.17, 15) is 14.4 Å². The third kappa shape index (κ3) is 2.79. The van der Waals surface area contributed by atoms with Gasteiger partial charge in [0.15, 0.2) is 0 Å². The standard InChI is InChI=1S/C11H15NO6/c1-3-4-7-8(18-6(2)13)5-12(11(16)17)9(7)10(14)15/h3,7-9H,1,4-5H2,2H3,(H,14,15)(H,16,17)/t7-,8+,9+/m1/s1. The van der Waals surface area contributed by atoms with Crippen LogP contribution in [0.5, 0.6) is 0 Å². The van der Waals surface area contributed by atoms with Gasteiger partial charge in [-0.25, -0.2) is 9.59 Å². The SMILES string of the molecule is C=CC[C@@H]1[C@@H](OC(C)=O)CN(C(=O)O)[C@@H]1C(=O)O. The molecule has 0 bridgehead atoms. The van der Waals surface area contributed by atoms with Gasteiger partial charge in [0.2, 0.25) is 0 Å². The summed E-state index contributed by atoms with van der Waals surface area (Å²) in [6, 6.07) is -1.22. The van der Waals surface area contributed by atoms with Crippen LogP contribution in [-0.4, -0.2) is 51.8 Å². The summed E-state index contributed by atoms with van der Waals surface area (Å²) in [4.78, 5) is 33.9. The van der Waals surface area contributed by atoms with E-state index < -0.39 is 36.1 Å². The Morgan fingerprint density at radius 2 is 2.06 bits per heavy atom. The van der Waals surface area contributed by atoms with Gasteiger partial charge in [0.25, 0.3) is 0 Å². The number of hydrogen-bond acceptors (Lipinski definition) is 4. The van der Waals surface area contributed by atoms with Crippen LogP contribution < -0.4 is 0 Å². The van der Waals surface area contributed by atoms with Gasteiger partial charge in [-0.15, -0.1) is 6.58 Å². The van der Waals surface area contributed by atoms with Crippen LogP contribution in [0.25, 0.3) is 0 Å². The number of esters is 1. The minimum absolute atomic E-state index is 0.135. The number of likely N-dealkylation sites (tertiary alicyclic amines) is 1. The molecule has 0 unspecified atom stereocenters. The van der Waals surface area contributed by atoms with Gasteiger partial charge in [0.1, 0.15) is 12.1 Å². The summed E-state index contributed by atoms with van der Waals surface area (Å²) in [6.45, 7) is 4.57. The third-order valence-electron chi connectivity index (χ3n) is 2.85. The quantitative estimate of drug-likeness (QED) is 0.563. The van der Waals surface area contributed by atoms with E-state index in [1.54, 1.807) is 0 Å². The summed E-state index contributed by atoms with van der Waals surface area (Å²) >= 11 is 0. The second-order valence-electron chi connectivity index (χ2n) is 4.05. The summed E-state index contributed by atoms with van der Waals surface area (Å²) in [5.74, 6) is -2.43. The first-order valence-corrected chi connectivity index (χ1v) is 5.39. The summed E-state index contributed by atoms with van der Waals surface area (Å²) in [7, 11) is 0. The highest BCUT2D eigenvalue weighted by Gasteiger charge is 2.49. The summed E-state index contributed by atoms with van der Waals surface area (Å²) in [6.07, 6.45) is -0.343. The number of carboxylic acid groups (broad SMARTS) is 2. The largest absolute Gasteiger partial charge is 0.480 e. The van der Waals surface area contributed by atoms with Crippen LogP contribution in [0.2, 0.25) is 0 Å². The lowest BCUT2D eigenvalue weighted by Crippen LogP contribution is -2.42. The molecule has 1 rings (SSSR count). The molecule has 7 heteroatoms. The molecule has 0 aromatic heterocycles. The van der Waals surface area contributed by atoms with Crippen molar-refractivity contribution in [2.75, 3.05) is 6.54 Å². The molecule has 1 amide bonds. The van der Waals surface area contributed by atoms with Gasteiger partial charge < -0.3 is 14.9 Å². The maximum atomic E-state index is 11.2. The molecule has 1 aliphatic rings. The molecule has 1 aliphatic heterocycles. The number of nitrogens with zero attached hydrogens (tertiary/aromatic N) is 1. The van der Waals surface area contributed by atoms with Crippen LogP contribution in [0.3, 0.4) is 0 Å². The summed E-state index contributed by atoms with van der Waals surface area (Å²) in [5.41, 5.74) is 0. The maximum absolute atomic E-state index is 11.2. The van der Waals surface area contributed by atoms with Crippen molar-refractivity contribution in [1.82, 2.24) is 4.90 Å². The van der Waals surface area contributed by atoms with E-state index in [1.165, 1.54) is 13.0 Å². The molecule has 2 N–H and O–H groups in total. The smallest absolute Gasteiger partial charge is 0.408 e. The van der Waals surface area contributed by atoms with Crippen LogP contribution in [0.4, 0.5) is 4.79 Å². The zero-order valence-corrected chi connectivity index (χ0v) is 9.91. The number of carbonyl (C=O) groups is 3. The highest BCUT2D eigenvalue weighted by molar-refractivity contribution is 5.81. The Labute approximate surface area is 104 Å². The van der Waals surface area contributed by atoms with Gasteiger partial charge >= 0.3 is 18.0 Å². The first-order valence-electron chi connectivity index (χ1n) is 5.39. The molecular weight excluding hydrogens is 242 g/mol. The summed E-state index contributed by atoms with van der Waals surface area (Å²) < 4.78 is 4.98. The van der Waals surface area contributed by atoms with Gasteiger partial charge in [-0.1, -0.05) is 6.08 Å². The maximum Gasteiger partial charge on any atom is 0.408 e. The second kappa shape index (κ2) is 5.52. The van der Waals surface area contributed by atoms with Crippen molar-refractivity contribution < 1.29 is 29.3 Å². The molecular formula is C11H15NO6. The fourth-order valence-corrected chi connectivity index (χ4v) is 2.20. The van der Waals surface area contributed by atoms with Gasteiger partial charge in [-0.3, -0.25) is 9.69 Å². The Morgan fingerprint density at radius 3 is 2.44 bits per heavy atom. The van der Waals surface area contributed by atoms with Crippen LogP contribution >= 0.6 is 0 Å². The number of carboxylic acids is 1. The lowest BCUT2D eigenvalue weighted by atomic mass is 9.94. The van der Waals surface area contributed by atoms with Crippen molar-refractivity contribution in [2.45, 2.75) is 25.5 Å². The molecule has 7 nitrogen and oxygen atoms in total. The molecule has 0 spiro atoms. The van der Waals surface area contributed by atoms with Crippen molar-refractivity contribution in [3.63, 3.8) is 0 Å². The average Bonchev–Trinajstić information content (AvgIpc) is 2.57. The van der Waals surface area contributed by atoms with Gasteiger partial charge in [-0.05, 0) is 6.42 Å². The lowest BCUT2D eigenvalue weighted by molar-refractivity contribution is -0.149. The Bertz CT molecular complexity index is 380. The molecule has 3 atom stereocenters. The molecule has 1 heterocycles. The monoisotopic (exact) mass is 257 g/mol. The molecule has 1 fully saturated rings. The predicted octanol–water partition coefficient (Wildman–Crippen LogP) is 0.557. The topological polar surface area (TPSA) is 104 Å². The zero-order chi connectivity index (χ0) is 13.9. The van der Waals surface area contributed by atoms with Crippen molar-refractivity contribution in [1.29, 1.82) is 0 Å². The molecule has 0 radical (unpaired) electrons. The van der Waals surface area contributed by atoms with Crippen LogP contribution in [0.15, 0.2) is 12.7 Å². The molecule has 0 aliphatic carbocycles. The van der Waals surface area contributed by atoms with Gasteiger partial charge in [0, 0.05) is 12.8 Å². The number of allylic oxidation sites excluding steroid dienone is 1. The van der Waals surface area contributed by atoms with E-state index in [0.29, 0.717) is 0 Å². The highest BCUT2D eigenvalue weighted by atomic mass is 16.5. The minimum Gasteiger partial charge on any atom is -0.480 e. The summed E-state index contributed by atoms with van der Waals surface area (Å²) in [5, 5.41) is 18.1. The van der Waals surface area contributed by atoms with Crippen molar-refractivity contribution in [2.24, 2.45) is 5.92 Å². The second-order valence-corrected chi connectivity index (χ2v) is 4.05. The molecule has 0 saturated carbocycles. The van der Waals surface area contributed by atoms with Crippen molar-refractivity contribution in [3.8, 4) is 0 Å². The zero-order valence-electron chi connectivity index (χ0n) is 9.91. The third-order valence-corrected chi connectivity index (χ3v) is 2.85. The fourth-order valence-electron chi connectivity index (χ4n) is 2.20. The number of amides is 1. The Kier molecular flexibility index (Phi) is 4.30. The van der Waals surface area contributed by atoms with Crippen LogP contribution in [0.1, 0.15) is 13.3 Å². The number of hydrogen-bond donors (Lipinski definition) is 2. The van der Waals surface area contributed by atoms with E-state index in [-0.39, 0.29) is 13.0 Å². The molecule has 0 aromatic rings. The van der Waals surface area contributed by atoms with Crippen LogP contribution in [-0.2, 0) is 14.3 Å².